The fourth-order valence-corrected chi connectivity index (χ4v) is 3.92. The van der Waals surface area contributed by atoms with Crippen LogP contribution in [0.5, 0.6) is 11.5 Å². The molecule has 3 aromatic rings. The van der Waals surface area contributed by atoms with E-state index in [1.807, 2.05) is 24.3 Å². The van der Waals surface area contributed by atoms with E-state index in [2.05, 4.69) is 0 Å². The van der Waals surface area contributed by atoms with Crippen molar-refractivity contribution < 1.29 is 31.4 Å². The first kappa shape index (κ1) is 28.2. The number of aryl methyl sites for hydroxylation is 1. The zero-order valence-electron chi connectivity index (χ0n) is 20.8. The predicted molar refractivity (Wildman–Crippen MR) is 136 cm³/mol. The number of halogens is 5. The largest absolute Gasteiger partial charge is 0.491 e. The van der Waals surface area contributed by atoms with Crippen LogP contribution >= 0.6 is 0 Å². The molecule has 0 saturated carbocycles. The summed E-state index contributed by atoms with van der Waals surface area (Å²) >= 11 is 0. The van der Waals surface area contributed by atoms with E-state index >= 15 is 0 Å². The van der Waals surface area contributed by atoms with Crippen molar-refractivity contribution in [1.29, 1.82) is 0 Å². The maximum absolute atomic E-state index is 14.8. The van der Waals surface area contributed by atoms with Crippen LogP contribution in [-0.2, 0) is 13.0 Å². The van der Waals surface area contributed by atoms with Gasteiger partial charge in [0, 0.05) is 17.2 Å². The highest BCUT2D eigenvalue weighted by Crippen LogP contribution is 2.28. The summed E-state index contributed by atoms with van der Waals surface area (Å²) in [6.07, 6.45) is 6.50. The molecule has 0 heterocycles. The third-order valence-corrected chi connectivity index (χ3v) is 5.94. The van der Waals surface area contributed by atoms with E-state index in [0.717, 1.165) is 37.7 Å². The molecule has 0 fully saturated rings. The van der Waals surface area contributed by atoms with Gasteiger partial charge >= 0.3 is 0 Å². The molecule has 0 unspecified atom stereocenters. The summed E-state index contributed by atoms with van der Waals surface area (Å²) < 4.78 is 78.3. The number of benzene rings is 3. The summed E-state index contributed by atoms with van der Waals surface area (Å²) in [4.78, 5) is 0. The molecule has 0 atom stereocenters. The average molecular weight is 519 g/mol. The van der Waals surface area contributed by atoms with Crippen molar-refractivity contribution in [2.75, 3.05) is 13.3 Å². The topological polar surface area (TPSA) is 18.5 Å². The Bertz CT molecular complexity index is 1180. The maximum Gasteiger partial charge on any atom is 0.201 e. The quantitative estimate of drug-likeness (QED) is 0.157. The van der Waals surface area contributed by atoms with Crippen molar-refractivity contribution in [2.45, 2.75) is 52.1 Å². The summed E-state index contributed by atoms with van der Waals surface area (Å²) in [5, 5.41) is 0. The first-order valence-electron chi connectivity index (χ1n) is 12.4. The Hall–Kier alpha value is -3.35. The van der Waals surface area contributed by atoms with Gasteiger partial charge in [0.15, 0.2) is 11.6 Å². The Kier molecular flexibility index (Phi) is 11.0. The lowest BCUT2D eigenvalue weighted by Gasteiger charge is -2.11. The first-order chi connectivity index (χ1) is 17.9. The van der Waals surface area contributed by atoms with E-state index in [1.54, 1.807) is 19.1 Å². The lowest BCUT2D eigenvalue weighted by molar-refractivity contribution is 0.288. The first-order valence-corrected chi connectivity index (χ1v) is 12.4. The molecule has 0 spiro atoms. The lowest BCUT2D eigenvalue weighted by Crippen LogP contribution is -2.04. The Labute approximate surface area is 214 Å². The van der Waals surface area contributed by atoms with Gasteiger partial charge < -0.3 is 9.47 Å². The molecule has 2 nitrogen and oxygen atoms in total. The summed E-state index contributed by atoms with van der Waals surface area (Å²) in [5.41, 5.74) is 2.26. The second kappa shape index (κ2) is 14.4. The van der Waals surface area contributed by atoms with Gasteiger partial charge in [-0.3, -0.25) is 0 Å². The van der Waals surface area contributed by atoms with Gasteiger partial charge in [0.25, 0.3) is 0 Å². The van der Waals surface area contributed by atoms with Crippen LogP contribution in [0.2, 0.25) is 0 Å². The Morgan fingerprint density at radius 2 is 1.59 bits per heavy atom. The minimum atomic E-state index is -1.08. The van der Waals surface area contributed by atoms with Crippen molar-refractivity contribution in [1.82, 2.24) is 0 Å². The van der Waals surface area contributed by atoms with Crippen molar-refractivity contribution in [3.8, 4) is 22.6 Å². The normalized spacial score (nSPS) is 11.6. The molecule has 0 aliphatic heterocycles. The highest BCUT2D eigenvalue weighted by molar-refractivity contribution is 5.65. The summed E-state index contributed by atoms with van der Waals surface area (Å²) in [6.45, 7) is 0.599. The van der Waals surface area contributed by atoms with E-state index in [1.165, 1.54) is 24.3 Å². The molecular weight excluding hydrogens is 487 g/mol. The van der Waals surface area contributed by atoms with Gasteiger partial charge in [-0.05, 0) is 68.0 Å². The molecule has 3 rings (SSSR count). The van der Waals surface area contributed by atoms with Crippen LogP contribution in [0.15, 0.2) is 66.5 Å². The van der Waals surface area contributed by atoms with Gasteiger partial charge in [-0.2, -0.15) is 4.39 Å². The van der Waals surface area contributed by atoms with Gasteiger partial charge in [-0.25, -0.2) is 17.6 Å². The number of allylic oxidation sites excluding steroid dienone is 2. The molecule has 0 aliphatic rings. The number of ether oxygens (including phenoxy) is 2. The molecule has 198 valence electrons. The molecule has 0 radical (unpaired) electrons. The maximum atomic E-state index is 14.8. The van der Waals surface area contributed by atoms with Crippen molar-refractivity contribution in [3.63, 3.8) is 0 Å². The number of hydrogen-bond acceptors (Lipinski definition) is 2. The Morgan fingerprint density at radius 1 is 0.838 bits per heavy atom. The van der Waals surface area contributed by atoms with Gasteiger partial charge in [0.1, 0.15) is 30.7 Å². The zero-order valence-corrected chi connectivity index (χ0v) is 20.8. The van der Waals surface area contributed by atoms with Crippen LogP contribution in [0, 0.1) is 17.5 Å². The molecular formula is C30H31F5O2. The van der Waals surface area contributed by atoms with Crippen LogP contribution in [0.4, 0.5) is 22.0 Å². The molecule has 37 heavy (non-hydrogen) atoms. The Balaban J connectivity index is 1.50. The van der Waals surface area contributed by atoms with Crippen LogP contribution < -0.4 is 9.47 Å². The minimum absolute atomic E-state index is 0.00330. The highest BCUT2D eigenvalue weighted by atomic mass is 19.2. The molecule has 7 heteroatoms. The van der Waals surface area contributed by atoms with Gasteiger partial charge in [-0.15, -0.1) is 0 Å². The molecule has 0 aromatic heterocycles. The molecule has 0 bridgehead atoms. The molecule has 0 saturated heterocycles. The predicted octanol–water partition coefficient (Wildman–Crippen LogP) is 9.06. The standard InChI is InChI=1S/C30H31F5O2/c1-2-36-28-17-14-23(29(34)30(28)35)20-37-25-15-16-26(27(33)18-25)22-12-10-21(11-13-22)8-6-4-3-5-7-9-24(32)19-31/h9-18H,2-8,19-20H2,1H3/b24-9+. The SMILES string of the molecule is CCOc1ccc(COc2ccc(-c3ccc(CCCCCC/C=C(/F)CF)cc3)c(F)c2)c(F)c1F. The smallest absolute Gasteiger partial charge is 0.201 e. The third-order valence-electron chi connectivity index (χ3n) is 5.94. The Morgan fingerprint density at radius 3 is 2.30 bits per heavy atom. The fraction of sp³-hybridized carbons (Fsp3) is 0.333. The van der Waals surface area contributed by atoms with E-state index in [9.17, 15) is 22.0 Å². The second-order valence-corrected chi connectivity index (χ2v) is 8.65. The summed E-state index contributed by atoms with van der Waals surface area (Å²) in [5.74, 6) is -3.27. The number of unbranched alkanes of at least 4 members (excludes halogenated alkanes) is 4. The van der Waals surface area contributed by atoms with Gasteiger partial charge in [0.2, 0.25) is 5.82 Å². The molecule has 0 N–H and O–H groups in total. The van der Waals surface area contributed by atoms with Crippen molar-refractivity contribution >= 4 is 0 Å². The number of hydrogen-bond donors (Lipinski definition) is 0. The molecule has 0 amide bonds. The number of rotatable bonds is 14. The van der Waals surface area contributed by atoms with Crippen molar-refractivity contribution in [3.05, 3.63) is 95.1 Å². The minimum Gasteiger partial charge on any atom is -0.491 e. The fourth-order valence-electron chi connectivity index (χ4n) is 3.92. The van der Waals surface area contributed by atoms with E-state index in [4.69, 9.17) is 9.47 Å². The zero-order chi connectivity index (χ0) is 26.6. The number of alkyl halides is 1. The van der Waals surface area contributed by atoms with Crippen LogP contribution in [0.3, 0.4) is 0 Å². The molecule has 3 aromatic carbocycles. The average Bonchev–Trinajstić information content (AvgIpc) is 2.91. The molecule has 0 aliphatic carbocycles. The van der Waals surface area contributed by atoms with E-state index in [0.29, 0.717) is 17.5 Å². The van der Waals surface area contributed by atoms with Crippen molar-refractivity contribution in [2.24, 2.45) is 0 Å². The highest BCUT2D eigenvalue weighted by Gasteiger charge is 2.15. The van der Waals surface area contributed by atoms with Gasteiger partial charge in [-0.1, -0.05) is 43.2 Å². The summed E-state index contributed by atoms with van der Waals surface area (Å²) in [7, 11) is 0. The second-order valence-electron chi connectivity index (χ2n) is 8.65. The summed E-state index contributed by atoms with van der Waals surface area (Å²) in [6, 6.07) is 14.8. The van der Waals surface area contributed by atoms with E-state index in [-0.39, 0.29) is 30.3 Å². The third kappa shape index (κ3) is 8.34. The van der Waals surface area contributed by atoms with Gasteiger partial charge in [0.05, 0.1) is 6.61 Å². The lowest BCUT2D eigenvalue weighted by atomic mass is 10.0. The van der Waals surface area contributed by atoms with Crippen LogP contribution in [-0.4, -0.2) is 13.3 Å². The van der Waals surface area contributed by atoms with E-state index < -0.39 is 30.0 Å². The van der Waals surface area contributed by atoms with Crippen LogP contribution in [0.25, 0.3) is 11.1 Å². The van der Waals surface area contributed by atoms with Crippen LogP contribution in [0.1, 0.15) is 50.2 Å². The monoisotopic (exact) mass is 518 g/mol.